The number of fused-ring (bicyclic) bond motifs is 1. The van der Waals surface area contributed by atoms with E-state index in [2.05, 4.69) is 4.72 Å². The van der Waals surface area contributed by atoms with E-state index in [1.807, 2.05) is 45.0 Å². The van der Waals surface area contributed by atoms with E-state index in [0.717, 1.165) is 16.8 Å². The second kappa shape index (κ2) is 9.03. The van der Waals surface area contributed by atoms with Gasteiger partial charge in [-0.1, -0.05) is 49.7 Å². The van der Waals surface area contributed by atoms with Crippen molar-refractivity contribution in [3.05, 3.63) is 59.7 Å². The van der Waals surface area contributed by atoms with Gasteiger partial charge in [0.15, 0.2) is 0 Å². The second-order valence-electron chi connectivity index (χ2n) is 8.73. The molecule has 0 radical (unpaired) electrons. The maximum absolute atomic E-state index is 13.5. The summed E-state index contributed by atoms with van der Waals surface area (Å²) >= 11 is 0. The Hall–Kier alpha value is -2.71. The first kappa shape index (κ1) is 23.9. The zero-order valence-electron chi connectivity index (χ0n) is 19.1. The number of amides is 1. The van der Waals surface area contributed by atoms with Gasteiger partial charge in [0.25, 0.3) is 0 Å². The van der Waals surface area contributed by atoms with Crippen LogP contribution in [0.5, 0.6) is 0 Å². The van der Waals surface area contributed by atoms with Crippen LogP contribution in [0, 0.1) is 12.8 Å². The van der Waals surface area contributed by atoms with Crippen molar-refractivity contribution in [1.29, 1.82) is 0 Å². The highest BCUT2D eigenvalue weighted by molar-refractivity contribution is 7.89. The molecule has 1 unspecified atom stereocenters. The smallest absolute Gasteiger partial charge is 0.302 e. The SMILES string of the molecule is CC(=O)OC[C@]1(CC(NS(=O)(=O)c2ccc(C)cc2)C(C)C)C(=O)N(C)c2ccccc21. The van der Waals surface area contributed by atoms with E-state index in [1.165, 1.54) is 6.92 Å². The summed E-state index contributed by atoms with van der Waals surface area (Å²) in [5, 5.41) is 0. The molecule has 2 aromatic carbocycles. The molecule has 32 heavy (non-hydrogen) atoms. The number of benzene rings is 2. The Morgan fingerprint density at radius 1 is 1.12 bits per heavy atom. The predicted molar refractivity (Wildman–Crippen MR) is 123 cm³/mol. The summed E-state index contributed by atoms with van der Waals surface area (Å²) in [6, 6.07) is 13.4. The first-order valence-electron chi connectivity index (χ1n) is 10.6. The van der Waals surface area contributed by atoms with E-state index in [0.29, 0.717) is 0 Å². The Balaban J connectivity index is 2.01. The van der Waals surface area contributed by atoms with Crippen LogP contribution in [0.2, 0.25) is 0 Å². The molecule has 0 fully saturated rings. The number of likely N-dealkylation sites (N-methyl/N-ethyl adjacent to an activating group) is 1. The Bertz CT molecular complexity index is 1110. The van der Waals surface area contributed by atoms with Crippen LogP contribution in [0.15, 0.2) is 53.4 Å². The van der Waals surface area contributed by atoms with Gasteiger partial charge in [-0.3, -0.25) is 9.59 Å². The Morgan fingerprint density at radius 2 is 1.75 bits per heavy atom. The van der Waals surface area contributed by atoms with E-state index in [1.54, 1.807) is 36.2 Å². The van der Waals surface area contributed by atoms with Crippen molar-refractivity contribution in [2.24, 2.45) is 5.92 Å². The molecular formula is C24H30N2O5S. The van der Waals surface area contributed by atoms with Gasteiger partial charge < -0.3 is 9.64 Å². The van der Waals surface area contributed by atoms with Gasteiger partial charge in [-0.15, -0.1) is 0 Å². The third-order valence-corrected chi connectivity index (χ3v) is 7.53. The highest BCUT2D eigenvalue weighted by Gasteiger charge is 2.52. The van der Waals surface area contributed by atoms with Crippen LogP contribution in [-0.4, -0.2) is 40.0 Å². The molecule has 2 aromatic rings. The van der Waals surface area contributed by atoms with Crippen LogP contribution in [0.25, 0.3) is 0 Å². The molecule has 172 valence electrons. The topological polar surface area (TPSA) is 92.8 Å². The predicted octanol–water partition coefficient (Wildman–Crippen LogP) is 3.17. The number of rotatable bonds is 8. The fraction of sp³-hybridized carbons (Fsp3) is 0.417. The Morgan fingerprint density at radius 3 is 2.34 bits per heavy atom. The van der Waals surface area contributed by atoms with Gasteiger partial charge >= 0.3 is 5.97 Å². The van der Waals surface area contributed by atoms with Gasteiger partial charge in [0.2, 0.25) is 15.9 Å². The lowest BCUT2D eigenvalue weighted by Crippen LogP contribution is -2.50. The zero-order chi connectivity index (χ0) is 23.7. The summed E-state index contributed by atoms with van der Waals surface area (Å²) in [5.41, 5.74) is 1.24. The van der Waals surface area contributed by atoms with E-state index in [-0.39, 0.29) is 29.7 Å². The van der Waals surface area contributed by atoms with Crippen LogP contribution in [0.4, 0.5) is 5.69 Å². The molecule has 8 heteroatoms. The second-order valence-corrected chi connectivity index (χ2v) is 10.4. The van der Waals surface area contributed by atoms with Crippen molar-refractivity contribution >= 4 is 27.6 Å². The maximum Gasteiger partial charge on any atom is 0.302 e. The number of nitrogens with one attached hydrogen (secondary N) is 1. The average molecular weight is 459 g/mol. The summed E-state index contributed by atoms with van der Waals surface area (Å²) in [7, 11) is -2.13. The van der Waals surface area contributed by atoms with Crippen LogP contribution in [0.3, 0.4) is 0 Å². The highest BCUT2D eigenvalue weighted by Crippen LogP contribution is 2.45. The van der Waals surface area contributed by atoms with Crippen molar-refractivity contribution in [2.75, 3.05) is 18.6 Å². The lowest BCUT2D eigenvalue weighted by atomic mass is 9.75. The molecule has 1 aliphatic rings. The van der Waals surface area contributed by atoms with Gasteiger partial charge in [0.05, 0.1) is 4.90 Å². The number of aryl methyl sites for hydroxylation is 1. The zero-order valence-corrected chi connectivity index (χ0v) is 19.9. The molecule has 1 amide bonds. The van der Waals surface area contributed by atoms with Crippen LogP contribution in [0.1, 0.15) is 38.3 Å². The summed E-state index contributed by atoms with van der Waals surface area (Å²) in [4.78, 5) is 26.8. The molecule has 7 nitrogen and oxygen atoms in total. The Labute approximate surface area is 189 Å². The number of carbonyl (C=O) groups is 2. The van der Waals surface area contributed by atoms with Crippen LogP contribution < -0.4 is 9.62 Å². The minimum Gasteiger partial charge on any atom is -0.464 e. The molecule has 1 N–H and O–H groups in total. The largest absolute Gasteiger partial charge is 0.464 e. The lowest BCUT2D eigenvalue weighted by Gasteiger charge is -2.33. The number of para-hydroxylation sites is 1. The van der Waals surface area contributed by atoms with Gasteiger partial charge in [-0.05, 0) is 43.0 Å². The number of sulfonamides is 1. The van der Waals surface area contributed by atoms with Gasteiger partial charge in [-0.25, -0.2) is 13.1 Å². The number of esters is 1. The molecule has 0 saturated heterocycles. The third kappa shape index (κ3) is 4.56. The standard InChI is InChI=1S/C24H30N2O5S/c1-16(2)21(25-32(29,30)19-12-10-17(3)11-13-19)14-24(15-31-18(4)27)20-8-6-7-9-22(20)26(5)23(24)28/h6-13,16,21,25H,14-15H2,1-5H3/t21?,24-/m0/s1. The fourth-order valence-corrected chi connectivity index (χ4v) is 5.50. The van der Waals surface area contributed by atoms with Crippen molar-refractivity contribution in [3.63, 3.8) is 0 Å². The highest BCUT2D eigenvalue weighted by atomic mass is 32.2. The van der Waals surface area contributed by atoms with Crippen molar-refractivity contribution in [2.45, 2.75) is 50.5 Å². The normalized spacial score (nSPS) is 19.2. The number of hydrogen-bond donors (Lipinski definition) is 1. The molecule has 0 aliphatic carbocycles. The molecule has 0 aromatic heterocycles. The lowest BCUT2D eigenvalue weighted by molar-refractivity contribution is -0.144. The summed E-state index contributed by atoms with van der Waals surface area (Å²) in [6.07, 6.45) is 0.156. The van der Waals surface area contributed by atoms with E-state index in [9.17, 15) is 18.0 Å². The minimum absolute atomic E-state index is 0.115. The molecule has 2 atom stereocenters. The van der Waals surface area contributed by atoms with E-state index in [4.69, 9.17) is 4.74 Å². The van der Waals surface area contributed by atoms with Crippen LogP contribution in [-0.2, 0) is 29.8 Å². The fourth-order valence-electron chi connectivity index (χ4n) is 4.11. The molecule has 0 spiro atoms. The number of carbonyl (C=O) groups excluding carboxylic acids is 2. The van der Waals surface area contributed by atoms with Gasteiger partial charge in [0, 0.05) is 25.7 Å². The van der Waals surface area contributed by atoms with E-state index >= 15 is 0 Å². The third-order valence-electron chi connectivity index (χ3n) is 6.03. The minimum atomic E-state index is -3.81. The molecule has 3 rings (SSSR count). The Kier molecular flexibility index (Phi) is 6.76. The molecule has 1 heterocycles. The van der Waals surface area contributed by atoms with Gasteiger partial charge in [-0.2, -0.15) is 0 Å². The van der Waals surface area contributed by atoms with Crippen molar-refractivity contribution < 1.29 is 22.7 Å². The number of hydrogen-bond acceptors (Lipinski definition) is 5. The van der Waals surface area contributed by atoms with Crippen molar-refractivity contribution in [3.8, 4) is 0 Å². The quantitative estimate of drug-likeness (QED) is 0.614. The number of ether oxygens (including phenoxy) is 1. The molecular weight excluding hydrogens is 428 g/mol. The van der Waals surface area contributed by atoms with Gasteiger partial charge in [0.1, 0.15) is 12.0 Å². The monoisotopic (exact) mass is 458 g/mol. The number of nitrogens with zero attached hydrogens (tertiary/aromatic N) is 1. The summed E-state index contributed by atoms with van der Waals surface area (Å²) in [5.74, 6) is -0.832. The first-order chi connectivity index (χ1) is 15.0. The summed E-state index contributed by atoms with van der Waals surface area (Å²) < 4.78 is 34.3. The summed E-state index contributed by atoms with van der Waals surface area (Å²) in [6.45, 7) is 6.83. The first-order valence-corrected chi connectivity index (χ1v) is 12.1. The molecule has 0 saturated carbocycles. The van der Waals surface area contributed by atoms with E-state index < -0.39 is 27.4 Å². The number of anilines is 1. The average Bonchev–Trinajstić information content (AvgIpc) is 2.94. The van der Waals surface area contributed by atoms with Crippen molar-refractivity contribution in [1.82, 2.24) is 4.72 Å². The molecule has 0 bridgehead atoms. The maximum atomic E-state index is 13.5. The van der Waals surface area contributed by atoms with Crippen LogP contribution >= 0.6 is 0 Å². The molecule has 1 aliphatic heterocycles.